The molecular weight excluding hydrogens is 281 g/mol. The third-order valence-electron chi connectivity index (χ3n) is 3.91. The monoisotopic (exact) mass is 301 g/mol. The van der Waals surface area contributed by atoms with Crippen LogP contribution < -0.4 is 5.73 Å². The van der Waals surface area contributed by atoms with Gasteiger partial charge < -0.3 is 10.6 Å². The number of nitrogens with zero attached hydrogens (tertiary/aromatic N) is 4. The van der Waals surface area contributed by atoms with Crippen LogP contribution in [-0.4, -0.2) is 26.2 Å². The van der Waals surface area contributed by atoms with E-state index in [1.807, 2.05) is 13.1 Å². The molecule has 0 spiro atoms. The zero-order chi connectivity index (χ0) is 15.7. The smallest absolute Gasteiger partial charge is 0.161 e. The molecule has 6 heteroatoms. The first-order valence-corrected chi connectivity index (χ1v) is 7.57. The van der Waals surface area contributed by atoms with Gasteiger partial charge in [-0.25, -0.2) is 14.1 Å². The van der Waals surface area contributed by atoms with Crippen LogP contribution in [0.5, 0.6) is 0 Å². The van der Waals surface area contributed by atoms with Crippen molar-refractivity contribution in [2.24, 2.45) is 5.73 Å². The predicted molar refractivity (Wildman–Crippen MR) is 84.0 cm³/mol. The van der Waals surface area contributed by atoms with E-state index in [9.17, 15) is 4.39 Å². The van der Waals surface area contributed by atoms with Crippen LogP contribution >= 0.6 is 0 Å². The van der Waals surface area contributed by atoms with Crippen molar-refractivity contribution in [3.8, 4) is 11.4 Å². The van der Waals surface area contributed by atoms with Crippen molar-refractivity contribution in [1.82, 2.24) is 19.7 Å². The van der Waals surface area contributed by atoms with E-state index in [1.54, 1.807) is 10.7 Å². The topological polar surface area (TPSA) is 60.0 Å². The van der Waals surface area contributed by atoms with E-state index in [-0.39, 0.29) is 5.82 Å². The van der Waals surface area contributed by atoms with Crippen LogP contribution in [0.1, 0.15) is 31.4 Å². The average molecular weight is 301 g/mol. The number of nitrogens with two attached hydrogens (primary N) is 1. The third-order valence-corrected chi connectivity index (χ3v) is 3.91. The van der Waals surface area contributed by atoms with Crippen LogP contribution in [0.4, 0.5) is 4.39 Å². The standard InChI is InChI=1S/C16H20FN5/c1-3-7-21-8-12-11(14(18)9-21)5-6-13(17)15(12)16-19-10-20-22(16)4-2/h5-6,9-10H,3-4,7-8,18H2,1-2H3. The van der Waals surface area contributed by atoms with Gasteiger partial charge in [-0.1, -0.05) is 6.92 Å². The highest BCUT2D eigenvalue weighted by Gasteiger charge is 2.24. The summed E-state index contributed by atoms with van der Waals surface area (Å²) < 4.78 is 16.2. The molecule has 0 bridgehead atoms. The zero-order valence-corrected chi connectivity index (χ0v) is 12.9. The highest BCUT2D eigenvalue weighted by Crippen LogP contribution is 2.34. The Kier molecular flexibility index (Phi) is 3.83. The highest BCUT2D eigenvalue weighted by molar-refractivity contribution is 5.75. The molecule has 1 aliphatic rings. The molecule has 1 aromatic carbocycles. The van der Waals surface area contributed by atoms with Gasteiger partial charge in [0.05, 0.1) is 11.3 Å². The molecule has 5 nitrogen and oxygen atoms in total. The molecule has 0 saturated carbocycles. The fourth-order valence-electron chi connectivity index (χ4n) is 2.93. The Morgan fingerprint density at radius 2 is 2.14 bits per heavy atom. The molecule has 2 aromatic rings. The number of halogens is 1. The van der Waals surface area contributed by atoms with Crippen molar-refractivity contribution in [2.45, 2.75) is 33.4 Å². The molecule has 0 radical (unpaired) electrons. The largest absolute Gasteiger partial charge is 0.397 e. The lowest BCUT2D eigenvalue weighted by Gasteiger charge is -2.29. The molecule has 2 N–H and O–H groups in total. The van der Waals surface area contributed by atoms with Crippen LogP contribution in [0.25, 0.3) is 17.1 Å². The van der Waals surface area contributed by atoms with Gasteiger partial charge in [-0.15, -0.1) is 0 Å². The Labute approximate surface area is 129 Å². The van der Waals surface area contributed by atoms with E-state index in [1.165, 1.54) is 12.4 Å². The summed E-state index contributed by atoms with van der Waals surface area (Å²) in [5.41, 5.74) is 9.11. The summed E-state index contributed by atoms with van der Waals surface area (Å²) in [5, 5.41) is 4.15. The van der Waals surface area contributed by atoms with E-state index in [4.69, 9.17) is 5.73 Å². The molecule has 1 aromatic heterocycles. The molecule has 116 valence electrons. The van der Waals surface area contributed by atoms with Gasteiger partial charge in [0.1, 0.15) is 12.1 Å². The fraction of sp³-hybridized carbons (Fsp3) is 0.375. The van der Waals surface area contributed by atoms with Gasteiger partial charge in [-0.2, -0.15) is 5.10 Å². The lowest BCUT2D eigenvalue weighted by atomic mass is 9.95. The minimum absolute atomic E-state index is 0.285. The second kappa shape index (κ2) is 5.79. The Balaban J connectivity index is 2.17. The number of hydrogen-bond donors (Lipinski definition) is 1. The summed E-state index contributed by atoms with van der Waals surface area (Å²) >= 11 is 0. The number of hydrogen-bond acceptors (Lipinski definition) is 4. The molecule has 0 atom stereocenters. The lowest BCUT2D eigenvalue weighted by molar-refractivity contribution is 0.364. The first-order chi connectivity index (χ1) is 10.7. The number of rotatable bonds is 4. The van der Waals surface area contributed by atoms with Crippen molar-refractivity contribution >= 4 is 5.70 Å². The van der Waals surface area contributed by atoms with Crippen molar-refractivity contribution in [1.29, 1.82) is 0 Å². The van der Waals surface area contributed by atoms with Gasteiger partial charge in [0.2, 0.25) is 0 Å². The minimum Gasteiger partial charge on any atom is -0.397 e. The Hall–Kier alpha value is -2.37. The van der Waals surface area contributed by atoms with E-state index in [0.717, 1.165) is 24.1 Å². The van der Waals surface area contributed by atoms with Gasteiger partial charge in [0.25, 0.3) is 0 Å². The minimum atomic E-state index is -0.285. The Morgan fingerprint density at radius 3 is 2.86 bits per heavy atom. The lowest BCUT2D eigenvalue weighted by Crippen LogP contribution is -2.25. The van der Waals surface area contributed by atoms with E-state index >= 15 is 0 Å². The van der Waals surface area contributed by atoms with Gasteiger partial charge in [0, 0.05) is 31.4 Å². The van der Waals surface area contributed by atoms with Crippen molar-refractivity contribution in [3.05, 3.63) is 41.6 Å². The van der Waals surface area contributed by atoms with E-state index in [0.29, 0.717) is 30.2 Å². The molecule has 1 aliphatic heterocycles. The zero-order valence-electron chi connectivity index (χ0n) is 12.9. The number of aromatic nitrogens is 3. The molecule has 0 unspecified atom stereocenters. The second-order valence-electron chi connectivity index (χ2n) is 5.40. The SMILES string of the molecule is CCCN1C=C(N)c2ccc(F)c(-c3ncnn3CC)c2C1. The summed E-state index contributed by atoms with van der Waals surface area (Å²) in [6.07, 6.45) is 4.41. The van der Waals surface area contributed by atoms with Crippen LogP contribution in [0.2, 0.25) is 0 Å². The van der Waals surface area contributed by atoms with Gasteiger partial charge >= 0.3 is 0 Å². The summed E-state index contributed by atoms with van der Waals surface area (Å²) in [7, 11) is 0. The summed E-state index contributed by atoms with van der Waals surface area (Å²) in [6, 6.07) is 3.20. The number of benzene rings is 1. The van der Waals surface area contributed by atoms with Gasteiger partial charge in [0.15, 0.2) is 5.82 Å². The summed E-state index contributed by atoms with van der Waals surface area (Å²) in [6.45, 7) is 6.23. The van der Waals surface area contributed by atoms with Gasteiger partial charge in [-0.3, -0.25) is 0 Å². The van der Waals surface area contributed by atoms with E-state index in [2.05, 4.69) is 21.9 Å². The molecular formula is C16H20FN5. The normalized spacial score (nSPS) is 14.0. The predicted octanol–water partition coefficient (Wildman–Crippen LogP) is 2.59. The maximum Gasteiger partial charge on any atom is 0.161 e. The van der Waals surface area contributed by atoms with Crippen LogP contribution in [0.3, 0.4) is 0 Å². The van der Waals surface area contributed by atoms with E-state index < -0.39 is 0 Å². The van der Waals surface area contributed by atoms with Gasteiger partial charge in [-0.05, 0) is 31.0 Å². The first-order valence-electron chi connectivity index (χ1n) is 7.57. The van der Waals surface area contributed by atoms with Crippen LogP contribution in [-0.2, 0) is 13.1 Å². The molecule has 0 saturated heterocycles. The highest BCUT2D eigenvalue weighted by atomic mass is 19.1. The number of fused-ring (bicyclic) bond motifs is 1. The maximum absolute atomic E-state index is 14.5. The van der Waals surface area contributed by atoms with Crippen molar-refractivity contribution < 1.29 is 4.39 Å². The Bertz CT molecular complexity index is 719. The fourth-order valence-corrected chi connectivity index (χ4v) is 2.93. The quantitative estimate of drug-likeness (QED) is 0.943. The maximum atomic E-state index is 14.5. The number of aryl methyl sites for hydroxylation is 1. The summed E-state index contributed by atoms with van der Waals surface area (Å²) in [4.78, 5) is 6.37. The second-order valence-corrected chi connectivity index (χ2v) is 5.40. The molecule has 0 amide bonds. The molecule has 3 rings (SSSR count). The first kappa shape index (κ1) is 14.6. The van der Waals surface area contributed by atoms with Crippen molar-refractivity contribution in [2.75, 3.05) is 6.54 Å². The molecule has 2 heterocycles. The molecule has 22 heavy (non-hydrogen) atoms. The molecule has 0 fully saturated rings. The Morgan fingerprint density at radius 1 is 1.32 bits per heavy atom. The average Bonchev–Trinajstić information content (AvgIpc) is 2.95. The van der Waals surface area contributed by atoms with Crippen LogP contribution in [0, 0.1) is 5.82 Å². The van der Waals surface area contributed by atoms with Crippen molar-refractivity contribution in [3.63, 3.8) is 0 Å². The third kappa shape index (κ3) is 2.34. The summed E-state index contributed by atoms with van der Waals surface area (Å²) in [5.74, 6) is 0.274. The van der Waals surface area contributed by atoms with Crippen LogP contribution in [0.15, 0.2) is 24.7 Å². The molecule has 0 aliphatic carbocycles.